The second kappa shape index (κ2) is 5.96. The normalized spacial score (nSPS) is 10.9. The summed E-state index contributed by atoms with van der Waals surface area (Å²) in [5.74, 6) is 0. The number of rotatable bonds is 3. The molecule has 1 rings (SSSR count). The van der Waals surface area contributed by atoms with Gasteiger partial charge in [-0.05, 0) is 44.5 Å². The fraction of sp³-hybridized carbons (Fsp3) is 0.462. The van der Waals surface area contributed by atoms with Crippen molar-refractivity contribution in [3.8, 4) is 0 Å². The molecule has 0 saturated heterocycles. The van der Waals surface area contributed by atoms with E-state index >= 15 is 0 Å². The van der Waals surface area contributed by atoms with E-state index in [1.54, 1.807) is 6.07 Å². The van der Waals surface area contributed by atoms with E-state index in [9.17, 15) is 4.79 Å². The Bertz CT molecular complexity index is 427. The largest absolute Gasteiger partial charge is 0.444 e. The Balaban J connectivity index is 2.63. The molecule has 0 unspecified atom stereocenters. The van der Waals surface area contributed by atoms with Crippen LogP contribution in [0.5, 0.6) is 0 Å². The molecule has 0 bridgehead atoms. The zero-order valence-corrected chi connectivity index (χ0v) is 11.9. The average Bonchev–Trinajstić information content (AvgIpc) is 2.24. The first-order valence-electron chi connectivity index (χ1n) is 5.75. The second-order valence-corrected chi connectivity index (χ2v) is 5.34. The van der Waals surface area contributed by atoms with Gasteiger partial charge in [-0.3, -0.25) is 0 Å². The lowest BCUT2D eigenvalue weighted by atomic mass is 10.2. The monoisotopic (exact) mass is 270 g/mol. The third kappa shape index (κ3) is 4.84. The van der Waals surface area contributed by atoms with Gasteiger partial charge in [-0.15, -0.1) is 0 Å². The first-order valence-corrected chi connectivity index (χ1v) is 6.12. The minimum atomic E-state index is -0.496. The van der Waals surface area contributed by atoms with Gasteiger partial charge in [-0.2, -0.15) is 0 Å². The number of benzene rings is 1. The van der Waals surface area contributed by atoms with Crippen molar-refractivity contribution in [3.63, 3.8) is 0 Å². The van der Waals surface area contributed by atoms with Crippen molar-refractivity contribution in [1.29, 1.82) is 0 Å². The number of hydrogen-bond donors (Lipinski definition) is 2. The van der Waals surface area contributed by atoms with Gasteiger partial charge in [0.15, 0.2) is 0 Å². The molecule has 0 radical (unpaired) electrons. The summed E-state index contributed by atoms with van der Waals surface area (Å²) in [7, 11) is 1.82. The van der Waals surface area contributed by atoms with Crippen LogP contribution in [-0.4, -0.2) is 18.7 Å². The van der Waals surface area contributed by atoms with Crippen LogP contribution in [0.1, 0.15) is 26.3 Å². The molecule has 0 aliphatic heterocycles. The van der Waals surface area contributed by atoms with Crippen LogP contribution in [0.25, 0.3) is 0 Å². The van der Waals surface area contributed by atoms with Crippen LogP contribution in [-0.2, 0) is 11.3 Å². The summed E-state index contributed by atoms with van der Waals surface area (Å²) in [5.41, 5.74) is 1.34. The second-order valence-electron chi connectivity index (χ2n) is 4.91. The lowest BCUT2D eigenvalue weighted by Gasteiger charge is -2.20. The number of amides is 1. The van der Waals surface area contributed by atoms with Crippen molar-refractivity contribution in [2.24, 2.45) is 0 Å². The van der Waals surface area contributed by atoms with Gasteiger partial charge in [-0.1, -0.05) is 11.6 Å². The summed E-state index contributed by atoms with van der Waals surface area (Å²) < 4.78 is 5.16. The maximum absolute atomic E-state index is 11.5. The Hall–Kier alpha value is -1.42. The van der Waals surface area contributed by atoms with E-state index in [-0.39, 0.29) is 0 Å². The van der Waals surface area contributed by atoms with Crippen molar-refractivity contribution in [1.82, 2.24) is 5.32 Å². The number of carbonyl (C=O) groups is 1. The molecule has 0 fully saturated rings. The van der Waals surface area contributed by atoms with Crippen molar-refractivity contribution < 1.29 is 9.53 Å². The van der Waals surface area contributed by atoms with Crippen molar-refractivity contribution in [2.75, 3.05) is 12.4 Å². The third-order valence-electron chi connectivity index (χ3n) is 2.16. The zero-order chi connectivity index (χ0) is 13.8. The van der Waals surface area contributed by atoms with E-state index in [4.69, 9.17) is 16.3 Å². The van der Waals surface area contributed by atoms with E-state index in [1.165, 1.54) is 0 Å². The quantitative estimate of drug-likeness (QED) is 0.885. The predicted molar refractivity (Wildman–Crippen MR) is 74.1 cm³/mol. The lowest BCUT2D eigenvalue weighted by Crippen LogP contribution is -2.32. The molecule has 0 aromatic heterocycles. The fourth-order valence-corrected chi connectivity index (χ4v) is 1.63. The summed E-state index contributed by atoms with van der Waals surface area (Å²) >= 11 is 5.92. The number of anilines is 1. The van der Waals surface area contributed by atoms with Gasteiger partial charge in [0.2, 0.25) is 0 Å². The Labute approximate surface area is 113 Å². The predicted octanol–water partition coefficient (Wildman–Crippen LogP) is 3.41. The molecule has 0 aliphatic carbocycles. The number of carbonyl (C=O) groups excluding carboxylic acids is 1. The van der Waals surface area contributed by atoms with Crippen LogP contribution in [0.2, 0.25) is 5.02 Å². The highest BCUT2D eigenvalue weighted by Gasteiger charge is 2.16. The summed E-state index contributed by atoms with van der Waals surface area (Å²) in [5, 5.41) is 6.38. The summed E-state index contributed by atoms with van der Waals surface area (Å²) in [6.45, 7) is 5.84. The van der Waals surface area contributed by atoms with Gasteiger partial charge in [0, 0.05) is 24.3 Å². The third-order valence-corrected chi connectivity index (χ3v) is 2.39. The van der Waals surface area contributed by atoms with Crippen molar-refractivity contribution in [3.05, 3.63) is 28.8 Å². The van der Waals surface area contributed by atoms with Crippen molar-refractivity contribution >= 4 is 23.4 Å². The number of halogens is 1. The fourth-order valence-electron chi connectivity index (χ4n) is 1.43. The molecule has 1 aromatic rings. The molecular formula is C13H19ClN2O2. The molecular weight excluding hydrogens is 252 g/mol. The van der Waals surface area contributed by atoms with Crippen LogP contribution in [0.4, 0.5) is 10.5 Å². The van der Waals surface area contributed by atoms with Gasteiger partial charge >= 0.3 is 6.09 Å². The minimum Gasteiger partial charge on any atom is -0.444 e. The van der Waals surface area contributed by atoms with Crippen molar-refractivity contribution in [2.45, 2.75) is 32.9 Å². The summed E-state index contributed by atoms with van der Waals surface area (Å²) in [4.78, 5) is 11.5. The zero-order valence-electron chi connectivity index (χ0n) is 11.1. The number of ether oxygens (including phenoxy) is 1. The van der Waals surface area contributed by atoms with E-state index in [2.05, 4.69) is 10.6 Å². The molecule has 0 aliphatic rings. The molecule has 2 N–H and O–H groups in total. The molecule has 0 atom stereocenters. The number of nitrogens with one attached hydrogen (secondary N) is 2. The summed E-state index contributed by atoms with van der Waals surface area (Å²) in [6, 6.07) is 5.48. The Morgan fingerprint density at radius 3 is 2.61 bits per heavy atom. The number of hydrogen-bond acceptors (Lipinski definition) is 3. The van der Waals surface area contributed by atoms with Gasteiger partial charge in [0.05, 0.1) is 0 Å². The Morgan fingerprint density at radius 1 is 1.39 bits per heavy atom. The first kappa shape index (κ1) is 14.6. The maximum atomic E-state index is 11.5. The van der Waals surface area contributed by atoms with E-state index in [0.717, 1.165) is 11.3 Å². The highest BCUT2D eigenvalue weighted by molar-refractivity contribution is 6.30. The minimum absolute atomic E-state index is 0.367. The molecule has 1 amide bonds. The van der Waals surface area contributed by atoms with E-state index in [0.29, 0.717) is 11.6 Å². The maximum Gasteiger partial charge on any atom is 0.407 e. The molecule has 1 aromatic carbocycles. The van der Waals surface area contributed by atoms with Gasteiger partial charge in [0.25, 0.3) is 0 Å². The molecule has 4 nitrogen and oxygen atoms in total. The van der Waals surface area contributed by atoms with Gasteiger partial charge in [0.1, 0.15) is 5.60 Å². The SMILES string of the molecule is CNc1ccc(Cl)cc1CNC(=O)OC(C)(C)C. The molecule has 5 heteroatoms. The Kier molecular flexibility index (Phi) is 4.84. The summed E-state index contributed by atoms with van der Waals surface area (Å²) in [6.07, 6.45) is -0.440. The molecule has 100 valence electrons. The first-order chi connectivity index (χ1) is 8.31. The van der Waals surface area contributed by atoms with Gasteiger partial charge in [-0.25, -0.2) is 4.79 Å². The molecule has 0 saturated carbocycles. The van der Waals surface area contributed by atoms with Crippen LogP contribution >= 0.6 is 11.6 Å². The standard InChI is InChI=1S/C13H19ClN2O2/c1-13(2,3)18-12(17)16-8-9-7-10(14)5-6-11(9)15-4/h5-7,15H,8H2,1-4H3,(H,16,17). The van der Waals surface area contributed by atoms with E-state index < -0.39 is 11.7 Å². The van der Waals surface area contributed by atoms with Gasteiger partial charge < -0.3 is 15.4 Å². The highest BCUT2D eigenvalue weighted by Crippen LogP contribution is 2.20. The van der Waals surface area contributed by atoms with Crippen LogP contribution in [0, 0.1) is 0 Å². The lowest BCUT2D eigenvalue weighted by molar-refractivity contribution is 0.0523. The average molecular weight is 271 g/mol. The topological polar surface area (TPSA) is 50.4 Å². The molecule has 0 heterocycles. The molecule has 0 spiro atoms. The Morgan fingerprint density at radius 2 is 2.06 bits per heavy atom. The van der Waals surface area contributed by atoms with E-state index in [1.807, 2.05) is 40.0 Å². The molecule has 18 heavy (non-hydrogen) atoms. The smallest absolute Gasteiger partial charge is 0.407 e. The highest BCUT2D eigenvalue weighted by atomic mass is 35.5. The number of alkyl carbamates (subject to hydrolysis) is 1. The van der Waals surface area contributed by atoms with Crippen LogP contribution in [0.15, 0.2) is 18.2 Å². The van der Waals surface area contributed by atoms with Crippen LogP contribution in [0.3, 0.4) is 0 Å². The van der Waals surface area contributed by atoms with Crippen LogP contribution < -0.4 is 10.6 Å².